The van der Waals surface area contributed by atoms with Gasteiger partial charge in [-0.05, 0) is 40.2 Å². The predicted molar refractivity (Wildman–Crippen MR) is 71.3 cm³/mol. The van der Waals surface area contributed by atoms with Gasteiger partial charge in [0.15, 0.2) is 0 Å². The van der Waals surface area contributed by atoms with Gasteiger partial charge in [0, 0.05) is 10.7 Å². The highest BCUT2D eigenvalue weighted by Crippen LogP contribution is 2.20. The van der Waals surface area contributed by atoms with Crippen LogP contribution in [0.2, 0.25) is 5.02 Å². The summed E-state index contributed by atoms with van der Waals surface area (Å²) in [6, 6.07) is 7.41. The Bertz CT molecular complexity index is 589. The molecule has 0 radical (unpaired) electrons. The molecule has 0 aliphatic heterocycles. The molecule has 2 rings (SSSR count). The Morgan fingerprint density at radius 2 is 2.11 bits per heavy atom. The van der Waals surface area contributed by atoms with Crippen molar-refractivity contribution in [2.75, 3.05) is 5.32 Å². The molecule has 18 heavy (non-hydrogen) atoms. The van der Waals surface area contributed by atoms with Gasteiger partial charge in [-0.15, -0.1) is 0 Å². The number of halogens is 3. The van der Waals surface area contributed by atoms with Crippen molar-refractivity contribution in [3.05, 3.63) is 57.4 Å². The minimum absolute atomic E-state index is 0.0707. The summed E-state index contributed by atoms with van der Waals surface area (Å²) in [6.45, 7) is 0. The normalized spacial score (nSPS) is 10.2. The fourth-order valence-electron chi connectivity index (χ4n) is 1.31. The molecule has 1 N–H and O–H groups in total. The summed E-state index contributed by atoms with van der Waals surface area (Å²) in [6.07, 6.45) is 1.54. The second-order valence-electron chi connectivity index (χ2n) is 3.42. The third-order valence-corrected chi connectivity index (χ3v) is 3.02. The number of carbonyl (C=O) groups excluding carboxylic acids is 1. The van der Waals surface area contributed by atoms with Crippen LogP contribution >= 0.6 is 27.5 Å². The summed E-state index contributed by atoms with van der Waals surface area (Å²) < 4.78 is 14.0. The maximum atomic E-state index is 13.2. The van der Waals surface area contributed by atoms with E-state index in [1.807, 2.05) is 0 Å². The van der Waals surface area contributed by atoms with E-state index in [9.17, 15) is 9.18 Å². The monoisotopic (exact) mass is 328 g/mol. The van der Waals surface area contributed by atoms with Crippen LogP contribution in [-0.4, -0.2) is 10.9 Å². The number of pyridine rings is 1. The lowest BCUT2D eigenvalue weighted by Crippen LogP contribution is -2.13. The standard InChI is InChI=1S/C12H7BrClFN2O/c13-7-4-5-10(16-6-7)17-12(18)8-2-1-3-9(15)11(8)14/h1-6H,(H,16,17,18). The van der Waals surface area contributed by atoms with Crippen molar-refractivity contribution in [2.24, 2.45) is 0 Å². The third kappa shape index (κ3) is 2.86. The van der Waals surface area contributed by atoms with Crippen LogP contribution in [0.4, 0.5) is 10.2 Å². The molecule has 6 heteroatoms. The topological polar surface area (TPSA) is 42.0 Å². The number of benzene rings is 1. The molecular formula is C12H7BrClFN2O. The highest BCUT2D eigenvalue weighted by atomic mass is 79.9. The molecule has 0 saturated heterocycles. The summed E-state index contributed by atoms with van der Waals surface area (Å²) in [7, 11) is 0. The maximum absolute atomic E-state index is 13.2. The molecule has 1 aromatic carbocycles. The molecule has 0 aliphatic rings. The van der Waals surface area contributed by atoms with Gasteiger partial charge in [0.05, 0.1) is 10.6 Å². The number of anilines is 1. The molecule has 92 valence electrons. The van der Waals surface area contributed by atoms with E-state index in [4.69, 9.17) is 11.6 Å². The van der Waals surface area contributed by atoms with Crippen LogP contribution in [0.3, 0.4) is 0 Å². The van der Waals surface area contributed by atoms with E-state index in [2.05, 4.69) is 26.2 Å². The lowest BCUT2D eigenvalue weighted by atomic mass is 10.2. The molecule has 1 amide bonds. The first-order valence-electron chi connectivity index (χ1n) is 4.95. The number of nitrogens with one attached hydrogen (secondary N) is 1. The van der Waals surface area contributed by atoms with E-state index < -0.39 is 11.7 Å². The molecule has 1 heterocycles. The molecule has 1 aromatic heterocycles. The van der Waals surface area contributed by atoms with Gasteiger partial charge in [-0.25, -0.2) is 9.37 Å². The van der Waals surface area contributed by atoms with Crippen LogP contribution in [-0.2, 0) is 0 Å². The van der Waals surface area contributed by atoms with Crippen molar-refractivity contribution in [1.29, 1.82) is 0 Å². The Morgan fingerprint density at radius 1 is 1.33 bits per heavy atom. The lowest BCUT2D eigenvalue weighted by molar-refractivity contribution is 0.102. The SMILES string of the molecule is O=C(Nc1ccc(Br)cn1)c1cccc(F)c1Cl. The van der Waals surface area contributed by atoms with Gasteiger partial charge in [0.25, 0.3) is 5.91 Å². The van der Waals surface area contributed by atoms with Crippen LogP contribution in [0.25, 0.3) is 0 Å². The van der Waals surface area contributed by atoms with E-state index >= 15 is 0 Å². The van der Waals surface area contributed by atoms with E-state index in [1.165, 1.54) is 18.2 Å². The number of hydrogen-bond donors (Lipinski definition) is 1. The minimum atomic E-state index is -0.631. The first-order valence-corrected chi connectivity index (χ1v) is 6.12. The number of hydrogen-bond acceptors (Lipinski definition) is 2. The third-order valence-electron chi connectivity index (χ3n) is 2.17. The average molecular weight is 330 g/mol. The Morgan fingerprint density at radius 3 is 2.78 bits per heavy atom. The van der Waals surface area contributed by atoms with E-state index in [0.717, 1.165) is 4.47 Å². The molecule has 0 atom stereocenters. The molecule has 0 fully saturated rings. The van der Waals surface area contributed by atoms with Gasteiger partial charge < -0.3 is 5.32 Å². The molecule has 3 nitrogen and oxygen atoms in total. The first kappa shape index (κ1) is 13.0. The Balaban J connectivity index is 2.22. The van der Waals surface area contributed by atoms with Gasteiger partial charge in [0.2, 0.25) is 0 Å². The van der Waals surface area contributed by atoms with E-state index in [0.29, 0.717) is 5.82 Å². The summed E-state index contributed by atoms with van der Waals surface area (Å²) in [5.41, 5.74) is 0.0707. The van der Waals surface area contributed by atoms with Crippen molar-refractivity contribution in [1.82, 2.24) is 4.98 Å². The minimum Gasteiger partial charge on any atom is -0.307 e. The van der Waals surface area contributed by atoms with Gasteiger partial charge in [-0.3, -0.25) is 4.79 Å². The smallest absolute Gasteiger partial charge is 0.258 e. The molecule has 0 spiro atoms. The molecule has 0 saturated carbocycles. The van der Waals surface area contributed by atoms with Crippen molar-refractivity contribution in [3.8, 4) is 0 Å². The summed E-state index contributed by atoms with van der Waals surface area (Å²) >= 11 is 8.95. The Labute approximate surface area is 116 Å². The molecule has 0 unspecified atom stereocenters. The quantitative estimate of drug-likeness (QED) is 0.908. The van der Waals surface area contributed by atoms with Crippen LogP contribution in [0.5, 0.6) is 0 Å². The van der Waals surface area contributed by atoms with Crippen molar-refractivity contribution < 1.29 is 9.18 Å². The predicted octanol–water partition coefficient (Wildman–Crippen LogP) is 3.89. The first-order chi connectivity index (χ1) is 8.58. The van der Waals surface area contributed by atoms with Crippen molar-refractivity contribution in [2.45, 2.75) is 0 Å². The van der Waals surface area contributed by atoms with E-state index in [-0.39, 0.29) is 10.6 Å². The fourth-order valence-corrected chi connectivity index (χ4v) is 1.76. The average Bonchev–Trinajstić information content (AvgIpc) is 2.35. The van der Waals surface area contributed by atoms with Gasteiger partial charge in [0.1, 0.15) is 11.6 Å². The zero-order valence-electron chi connectivity index (χ0n) is 8.95. The Hall–Kier alpha value is -1.46. The lowest BCUT2D eigenvalue weighted by Gasteiger charge is -2.06. The molecule has 2 aromatic rings. The zero-order valence-corrected chi connectivity index (χ0v) is 11.3. The number of carbonyl (C=O) groups is 1. The number of rotatable bonds is 2. The number of aromatic nitrogens is 1. The van der Waals surface area contributed by atoms with E-state index in [1.54, 1.807) is 18.3 Å². The molecular weight excluding hydrogens is 322 g/mol. The van der Waals surface area contributed by atoms with Crippen molar-refractivity contribution in [3.63, 3.8) is 0 Å². The van der Waals surface area contributed by atoms with Crippen LogP contribution < -0.4 is 5.32 Å². The highest BCUT2D eigenvalue weighted by Gasteiger charge is 2.13. The maximum Gasteiger partial charge on any atom is 0.258 e. The van der Waals surface area contributed by atoms with Crippen LogP contribution in [0.15, 0.2) is 41.0 Å². The highest BCUT2D eigenvalue weighted by molar-refractivity contribution is 9.10. The summed E-state index contributed by atoms with van der Waals surface area (Å²) in [5, 5.41) is 2.33. The Kier molecular flexibility index (Phi) is 3.93. The van der Waals surface area contributed by atoms with Gasteiger partial charge in [-0.2, -0.15) is 0 Å². The molecule has 0 bridgehead atoms. The van der Waals surface area contributed by atoms with Gasteiger partial charge in [-0.1, -0.05) is 17.7 Å². The zero-order chi connectivity index (χ0) is 13.1. The molecule has 0 aliphatic carbocycles. The largest absolute Gasteiger partial charge is 0.307 e. The van der Waals surface area contributed by atoms with Crippen molar-refractivity contribution >= 4 is 39.3 Å². The second kappa shape index (κ2) is 5.46. The summed E-state index contributed by atoms with van der Waals surface area (Å²) in [5.74, 6) is -0.772. The number of nitrogens with zero attached hydrogens (tertiary/aromatic N) is 1. The summed E-state index contributed by atoms with van der Waals surface area (Å²) in [4.78, 5) is 15.8. The number of amides is 1. The fraction of sp³-hybridized carbons (Fsp3) is 0. The second-order valence-corrected chi connectivity index (χ2v) is 4.71. The van der Waals surface area contributed by atoms with Crippen LogP contribution in [0, 0.1) is 5.82 Å². The van der Waals surface area contributed by atoms with Gasteiger partial charge >= 0.3 is 0 Å². The van der Waals surface area contributed by atoms with Crippen LogP contribution in [0.1, 0.15) is 10.4 Å².